The summed E-state index contributed by atoms with van der Waals surface area (Å²) in [4.78, 5) is 36.7. The maximum atomic E-state index is 12.4. The first-order valence-electron chi connectivity index (χ1n) is 9.68. The number of ether oxygens (including phenoxy) is 1. The predicted molar refractivity (Wildman–Crippen MR) is 116 cm³/mol. The van der Waals surface area contributed by atoms with Crippen molar-refractivity contribution in [2.24, 2.45) is 0 Å². The molecule has 2 amide bonds. The summed E-state index contributed by atoms with van der Waals surface area (Å²) in [6.45, 7) is 5.04. The number of carbonyl (C=O) groups excluding carboxylic acids is 3. The number of rotatable bonds is 6. The molecule has 0 aromatic heterocycles. The molecule has 0 aliphatic carbocycles. The van der Waals surface area contributed by atoms with Crippen molar-refractivity contribution in [3.63, 3.8) is 0 Å². The van der Waals surface area contributed by atoms with E-state index >= 15 is 0 Å². The number of benzene rings is 3. The third-order valence-electron chi connectivity index (χ3n) is 4.89. The van der Waals surface area contributed by atoms with Gasteiger partial charge in [-0.2, -0.15) is 0 Å². The third kappa shape index (κ3) is 5.03. The number of nitrogens with one attached hydrogen (secondary N) is 2. The molecule has 6 heteroatoms. The normalized spacial score (nSPS) is 11.6. The fourth-order valence-corrected chi connectivity index (χ4v) is 3.00. The smallest absolute Gasteiger partial charge is 0.326 e. The van der Waals surface area contributed by atoms with Gasteiger partial charge in [-0.05, 0) is 55.5 Å². The number of fused-ring (bicyclic) bond motifs is 1. The summed E-state index contributed by atoms with van der Waals surface area (Å²) >= 11 is 0. The highest BCUT2D eigenvalue weighted by atomic mass is 16.5. The molecule has 0 fully saturated rings. The minimum Gasteiger partial charge on any atom is -0.451 e. The van der Waals surface area contributed by atoms with Crippen LogP contribution in [0.4, 0.5) is 5.69 Å². The Hall–Kier alpha value is -3.67. The van der Waals surface area contributed by atoms with Crippen molar-refractivity contribution in [3.05, 3.63) is 77.4 Å². The summed E-state index contributed by atoms with van der Waals surface area (Å²) in [5.41, 5.74) is 3.18. The summed E-state index contributed by atoms with van der Waals surface area (Å²) in [5.74, 6) is -1.50. The van der Waals surface area contributed by atoms with Crippen molar-refractivity contribution in [3.8, 4) is 0 Å². The number of carbonyl (C=O) groups is 3. The van der Waals surface area contributed by atoms with Crippen LogP contribution in [0, 0.1) is 13.8 Å². The van der Waals surface area contributed by atoms with E-state index < -0.39 is 18.0 Å². The molecule has 30 heavy (non-hydrogen) atoms. The van der Waals surface area contributed by atoms with Gasteiger partial charge >= 0.3 is 5.97 Å². The molecule has 0 unspecified atom stereocenters. The van der Waals surface area contributed by atoms with E-state index in [4.69, 9.17) is 4.74 Å². The van der Waals surface area contributed by atoms with E-state index in [0.29, 0.717) is 11.3 Å². The molecule has 154 valence electrons. The first-order chi connectivity index (χ1) is 14.3. The molecule has 2 N–H and O–H groups in total. The highest BCUT2D eigenvalue weighted by Crippen LogP contribution is 2.23. The van der Waals surface area contributed by atoms with Gasteiger partial charge in [0, 0.05) is 16.6 Å². The van der Waals surface area contributed by atoms with Crippen molar-refractivity contribution < 1.29 is 19.1 Å². The van der Waals surface area contributed by atoms with Crippen LogP contribution < -0.4 is 10.6 Å². The van der Waals surface area contributed by atoms with E-state index in [-0.39, 0.29) is 12.5 Å². The average molecular weight is 404 g/mol. The first-order valence-corrected chi connectivity index (χ1v) is 9.68. The molecule has 0 spiro atoms. The van der Waals surface area contributed by atoms with E-state index in [9.17, 15) is 14.4 Å². The maximum Gasteiger partial charge on any atom is 0.326 e. The second-order valence-electron chi connectivity index (χ2n) is 7.13. The fraction of sp³-hybridized carbons (Fsp3) is 0.208. The lowest BCUT2D eigenvalue weighted by Gasteiger charge is -2.15. The van der Waals surface area contributed by atoms with Crippen molar-refractivity contribution >= 4 is 34.2 Å². The van der Waals surface area contributed by atoms with Crippen LogP contribution in [0.2, 0.25) is 0 Å². The number of anilines is 1. The van der Waals surface area contributed by atoms with Gasteiger partial charge in [0.25, 0.3) is 11.8 Å². The Bertz CT molecular complexity index is 1100. The van der Waals surface area contributed by atoms with Gasteiger partial charge in [-0.15, -0.1) is 0 Å². The molecule has 0 saturated heterocycles. The van der Waals surface area contributed by atoms with Crippen molar-refractivity contribution in [1.82, 2.24) is 5.32 Å². The Morgan fingerprint density at radius 3 is 2.43 bits per heavy atom. The SMILES string of the molecule is Cc1ccc(C(=O)NCC(=O)O[C@H](C)C(=O)Nc2cccc3ccccc23)cc1C. The molecule has 0 saturated carbocycles. The third-order valence-corrected chi connectivity index (χ3v) is 4.89. The van der Waals surface area contributed by atoms with Crippen molar-refractivity contribution in [2.75, 3.05) is 11.9 Å². The molecule has 0 aliphatic rings. The van der Waals surface area contributed by atoms with Gasteiger partial charge in [-0.1, -0.05) is 42.5 Å². The van der Waals surface area contributed by atoms with E-state index in [2.05, 4.69) is 10.6 Å². The predicted octanol–water partition coefficient (Wildman–Crippen LogP) is 3.76. The molecule has 3 aromatic carbocycles. The lowest BCUT2D eigenvalue weighted by Crippen LogP contribution is -2.35. The maximum absolute atomic E-state index is 12.4. The largest absolute Gasteiger partial charge is 0.451 e. The minimum absolute atomic E-state index is 0.322. The highest BCUT2D eigenvalue weighted by Gasteiger charge is 2.19. The molecule has 0 aliphatic heterocycles. The van der Waals surface area contributed by atoms with Crippen LogP contribution in [-0.2, 0) is 14.3 Å². The first kappa shape index (κ1) is 21.0. The van der Waals surface area contributed by atoms with Crippen LogP contribution in [0.1, 0.15) is 28.4 Å². The standard InChI is InChI=1S/C24H24N2O4/c1-15-11-12-19(13-16(15)2)24(29)25-14-22(27)30-17(3)23(28)26-21-10-6-8-18-7-4-5-9-20(18)21/h4-13,17H,14H2,1-3H3,(H,25,29)(H,26,28)/t17-/m1/s1. The number of hydrogen-bond donors (Lipinski definition) is 2. The van der Waals surface area contributed by atoms with Crippen LogP contribution in [-0.4, -0.2) is 30.4 Å². The Kier molecular flexibility index (Phi) is 6.47. The van der Waals surface area contributed by atoms with Gasteiger partial charge in [0.15, 0.2) is 6.10 Å². The lowest BCUT2D eigenvalue weighted by atomic mass is 10.1. The molecule has 0 radical (unpaired) electrons. The van der Waals surface area contributed by atoms with Gasteiger partial charge in [-0.3, -0.25) is 14.4 Å². The van der Waals surface area contributed by atoms with E-state index in [0.717, 1.165) is 21.9 Å². The average Bonchev–Trinajstić information content (AvgIpc) is 2.74. The summed E-state index contributed by atoms with van der Waals surface area (Å²) in [7, 11) is 0. The van der Waals surface area contributed by atoms with Gasteiger partial charge in [-0.25, -0.2) is 0 Å². The minimum atomic E-state index is -1.00. The van der Waals surface area contributed by atoms with Gasteiger partial charge in [0.2, 0.25) is 0 Å². The topological polar surface area (TPSA) is 84.5 Å². The van der Waals surface area contributed by atoms with Crippen LogP contribution in [0.15, 0.2) is 60.7 Å². The second kappa shape index (κ2) is 9.22. The highest BCUT2D eigenvalue weighted by molar-refractivity contribution is 6.04. The quantitative estimate of drug-likeness (QED) is 0.613. The van der Waals surface area contributed by atoms with E-state index in [1.807, 2.05) is 56.3 Å². The summed E-state index contributed by atoms with van der Waals surface area (Å²) in [5, 5.41) is 7.20. The van der Waals surface area contributed by atoms with Crippen LogP contribution in [0.3, 0.4) is 0 Å². The molecular weight excluding hydrogens is 380 g/mol. The zero-order valence-corrected chi connectivity index (χ0v) is 17.2. The second-order valence-corrected chi connectivity index (χ2v) is 7.13. The Morgan fingerprint density at radius 2 is 1.67 bits per heavy atom. The Balaban J connectivity index is 1.54. The molecule has 6 nitrogen and oxygen atoms in total. The van der Waals surface area contributed by atoms with Gasteiger partial charge < -0.3 is 15.4 Å². The summed E-state index contributed by atoms with van der Waals surface area (Å²) in [6, 6.07) is 18.6. The van der Waals surface area contributed by atoms with Gasteiger partial charge in [0.1, 0.15) is 6.54 Å². The van der Waals surface area contributed by atoms with E-state index in [1.54, 1.807) is 18.2 Å². The number of esters is 1. The summed E-state index contributed by atoms with van der Waals surface area (Å²) < 4.78 is 5.16. The van der Waals surface area contributed by atoms with Crippen molar-refractivity contribution in [2.45, 2.75) is 26.9 Å². The molecule has 3 rings (SSSR count). The van der Waals surface area contributed by atoms with Crippen LogP contribution in [0.5, 0.6) is 0 Å². The van der Waals surface area contributed by atoms with Crippen LogP contribution >= 0.6 is 0 Å². The summed E-state index contributed by atoms with van der Waals surface area (Å²) in [6.07, 6.45) is -1.00. The van der Waals surface area contributed by atoms with Gasteiger partial charge in [0.05, 0.1) is 0 Å². The van der Waals surface area contributed by atoms with Crippen molar-refractivity contribution in [1.29, 1.82) is 0 Å². The Morgan fingerprint density at radius 1 is 0.933 bits per heavy atom. The number of amides is 2. The zero-order chi connectivity index (χ0) is 21.7. The molecule has 1 atom stereocenters. The van der Waals surface area contributed by atoms with Crippen LogP contribution in [0.25, 0.3) is 10.8 Å². The lowest BCUT2D eigenvalue weighted by molar-refractivity contribution is -0.152. The number of hydrogen-bond acceptors (Lipinski definition) is 4. The monoisotopic (exact) mass is 404 g/mol. The van der Waals surface area contributed by atoms with E-state index in [1.165, 1.54) is 6.92 Å². The zero-order valence-electron chi connectivity index (χ0n) is 17.2. The molecular formula is C24H24N2O4. The molecule has 3 aromatic rings. The number of aryl methyl sites for hydroxylation is 2. The fourth-order valence-electron chi connectivity index (χ4n) is 3.00. The molecule has 0 heterocycles. The Labute approximate surface area is 175 Å². The molecule has 0 bridgehead atoms.